The molecule has 0 bridgehead atoms. The quantitative estimate of drug-likeness (QED) is 0.278. The van der Waals surface area contributed by atoms with E-state index in [1.165, 1.54) is 0 Å². The van der Waals surface area contributed by atoms with Crippen molar-refractivity contribution in [1.82, 2.24) is 0 Å². The Bertz CT molecular complexity index is 890. The standard InChI is InChI=1S/C22H28N2O4/c1-15(2)22(27)28-14-8-6-5-7-13-23-19-18(20(25)21(19)26)16-9-11-17(12-10-16)24(3)4/h9-12,23H,1,5-8,13-14H2,2-4H3. The smallest absolute Gasteiger partial charge is 0.333 e. The van der Waals surface area contributed by atoms with E-state index in [4.69, 9.17) is 4.74 Å². The van der Waals surface area contributed by atoms with Crippen LogP contribution in [0, 0.1) is 0 Å². The molecule has 2 rings (SSSR count). The highest BCUT2D eigenvalue weighted by molar-refractivity contribution is 5.86. The average Bonchev–Trinajstić information content (AvgIpc) is 2.68. The van der Waals surface area contributed by atoms with Crippen LogP contribution in [0.1, 0.15) is 32.6 Å². The molecule has 0 radical (unpaired) electrons. The summed E-state index contributed by atoms with van der Waals surface area (Å²) in [5, 5.41) is 3.11. The summed E-state index contributed by atoms with van der Waals surface area (Å²) in [7, 11) is 3.90. The average molecular weight is 384 g/mol. The summed E-state index contributed by atoms with van der Waals surface area (Å²) in [5.74, 6) is -0.354. The van der Waals surface area contributed by atoms with Crippen LogP contribution in [0.4, 0.5) is 11.4 Å². The van der Waals surface area contributed by atoms with Gasteiger partial charge in [0.25, 0.3) is 0 Å². The third-order valence-corrected chi connectivity index (χ3v) is 4.54. The molecule has 0 heterocycles. The van der Waals surface area contributed by atoms with E-state index in [9.17, 15) is 14.4 Å². The van der Waals surface area contributed by atoms with Crippen LogP contribution in [-0.2, 0) is 9.53 Å². The summed E-state index contributed by atoms with van der Waals surface area (Å²) >= 11 is 0. The third-order valence-electron chi connectivity index (χ3n) is 4.54. The maximum Gasteiger partial charge on any atom is 0.333 e. The normalized spacial score (nSPS) is 10.7. The molecule has 0 saturated carbocycles. The molecule has 2 aromatic rings. The predicted octanol–water partition coefficient (Wildman–Crippen LogP) is 3.11. The molecular weight excluding hydrogens is 356 g/mol. The molecule has 0 spiro atoms. The van der Waals surface area contributed by atoms with Gasteiger partial charge < -0.3 is 15.0 Å². The van der Waals surface area contributed by atoms with Gasteiger partial charge in [-0.05, 0) is 43.9 Å². The van der Waals surface area contributed by atoms with E-state index in [0.29, 0.717) is 30.0 Å². The van der Waals surface area contributed by atoms with Crippen molar-refractivity contribution < 1.29 is 9.53 Å². The van der Waals surface area contributed by atoms with Crippen LogP contribution < -0.4 is 21.1 Å². The summed E-state index contributed by atoms with van der Waals surface area (Å²) in [4.78, 5) is 37.1. The van der Waals surface area contributed by atoms with Gasteiger partial charge in [0.2, 0.25) is 10.9 Å². The molecule has 0 saturated heterocycles. The second-order valence-corrected chi connectivity index (χ2v) is 7.11. The van der Waals surface area contributed by atoms with Crippen molar-refractivity contribution in [3.63, 3.8) is 0 Å². The molecule has 1 N–H and O–H groups in total. The Morgan fingerprint density at radius 1 is 1.04 bits per heavy atom. The number of rotatable bonds is 11. The first-order valence-corrected chi connectivity index (χ1v) is 9.50. The Morgan fingerprint density at radius 3 is 2.29 bits per heavy atom. The highest BCUT2D eigenvalue weighted by Crippen LogP contribution is 2.25. The van der Waals surface area contributed by atoms with Crippen LogP contribution >= 0.6 is 0 Å². The predicted molar refractivity (Wildman–Crippen MR) is 114 cm³/mol. The van der Waals surface area contributed by atoms with Crippen LogP contribution in [0.25, 0.3) is 11.1 Å². The van der Waals surface area contributed by atoms with Crippen molar-refractivity contribution in [1.29, 1.82) is 0 Å². The molecule has 0 atom stereocenters. The monoisotopic (exact) mass is 384 g/mol. The van der Waals surface area contributed by atoms with Gasteiger partial charge >= 0.3 is 5.97 Å². The van der Waals surface area contributed by atoms with Gasteiger partial charge in [-0.15, -0.1) is 0 Å². The van der Waals surface area contributed by atoms with Crippen molar-refractivity contribution in [2.75, 3.05) is 37.5 Å². The zero-order valence-corrected chi connectivity index (χ0v) is 16.8. The molecule has 0 fully saturated rings. The summed E-state index contributed by atoms with van der Waals surface area (Å²) < 4.78 is 5.04. The van der Waals surface area contributed by atoms with Gasteiger partial charge in [-0.3, -0.25) is 9.59 Å². The van der Waals surface area contributed by atoms with Gasteiger partial charge in [0.05, 0.1) is 17.9 Å². The number of anilines is 2. The number of ether oxygens (including phenoxy) is 1. The largest absolute Gasteiger partial charge is 0.462 e. The number of esters is 1. The number of benzene rings is 1. The lowest BCUT2D eigenvalue weighted by molar-refractivity contribution is -0.139. The number of hydrogen-bond acceptors (Lipinski definition) is 6. The molecule has 150 valence electrons. The molecule has 0 aliphatic heterocycles. The van der Waals surface area contributed by atoms with Crippen LogP contribution in [-0.4, -0.2) is 33.2 Å². The van der Waals surface area contributed by atoms with Crippen molar-refractivity contribution in [2.45, 2.75) is 32.6 Å². The zero-order valence-electron chi connectivity index (χ0n) is 16.8. The minimum atomic E-state index is -0.446. The SMILES string of the molecule is C=C(C)C(=O)OCCCCCCNc1c(-c2ccc(N(C)C)cc2)c(=O)c1=O. The Labute approximate surface area is 165 Å². The summed E-state index contributed by atoms with van der Waals surface area (Å²) in [6, 6.07) is 7.58. The maximum absolute atomic E-state index is 12.0. The summed E-state index contributed by atoms with van der Waals surface area (Å²) in [6.45, 7) is 6.18. The molecular formula is C22H28N2O4. The summed E-state index contributed by atoms with van der Waals surface area (Å²) in [5.41, 5.74) is 2.21. The molecule has 0 aromatic heterocycles. The molecule has 0 aliphatic carbocycles. The Balaban J connectivity index is 1.77. The van der Waals surface area contributed by atoms with Gasteiger partial charge in [0.15, 0.2) is 0 Å². The first-order chi connectivity index (χ1) is 13.3. The van der Waals surface area contributed by atoms with Crippen molar-refractivity contribution in [2.24, 2.45) is 0 Å². The highest BCUT2D eigenvalue weighted by Gasteiger charge is 2.21. The van der Waals surface area contributed by atoms with Gasteiger partial charge in [-0.2, -0.15) is 0 Å². The first kappa shape index (κ1) is 21.4. The van der Waals surface area contributed by atoms with E-state index in [0.717, 1.165) is 36.9 Å². The van der Waals surface area contributed by atoms with Gasteiger partial charge in [0.1, 0.15) is 0 Å². The fraction of sp³-hybridized carbons (Fsp3) is 0.409. The minimum absolute atomic E-state index is 0.354. The minimum Gasteiger partial charge on any atom is -0.462 e. The van der Waals surface area contributed by atoms with E-state index in [2.05, 4.69) is 11.9 Å². The number of nitrogens with zero attached hydrogens (tertiary/aromatic N) is 1. The number of carbonyl (C=O) groups excluding carboxylic acids is 1. The van der Waals surface area contributed by atoms with Crippen LogP contribution in [0.15, 0.2) is 46.0 Å². The third kappa shape index (κ3) is 5.31. The molecule has 0 aliphatic rings. The number of nitrogens with one attached hydrogen (secondary N) is 1. The van der Waals surface area contributed by atoms with Crippen molar-refractivity contribution >= 4 is 17.3 Å². The van der Waals surface area contributed by atoms with Gasteiger partial charge in [0, 0.05) is 31.9 Å². The van der Waals surface area contributed by atoms with Gasteiger partial charge in [-0.25, -0.2) is 4.79 Å². The van der Waals surface area contributed by atoms with Crippen LogP contribution in [0.5, 0.6) is 0 Å². The molecule has 2 aromatic carbocycles. The second kappa shape index (κ2) is 9.88. The molecule has 6 heteroatoms. The molecule has 6 nitrogen and oxygen atoms in total. The van der Waals surface area contributed by atoms with E-state index in [-0.39, 0.29) is 5.97 Å². The zero-order chi connectivity index (χ0) is 20.7. The fourth-order valence-corrected chi connectivity index (χ4v) is 2.84. The second-order valence-electron chi connectivity index (χ2n) is 7.11. The van der Waals surface area contributed by atoms with Crippen molar-refractivity contribution in [3.05, 3.63) is 56.9 Å². The fourth-order valence-electron chi connectivity index (χ4n) is 2.84. The maximum atomic E-state index is 12.0. The molecule has 0 amide bonds. The Hall–Kier alpha value is -2.89. The van der Waals surface area contributed by atoms with Crippen LogP contribution in [0.2, 0.25) is 0 Å². The lowest BCUT2D eigenvalue weighted by Crippen LogP contribution is -2.36. The van der Waals surface area contributed by atoms with Crippen LogP contribution in [0.3, 0.4) is 0 Å². The molecule has 28 heavy (non-hydrogen) atoms. The van der Waals surface area contributed by atoms with E-state index >= 15 is 0 Å². The number of hydrogen-bond donors (Lipinski definition) is 1. The number of carbonyl (C=O) groups is 1. The highest BCUT2D eigenvalue weighted by atomic mass is 16.5. The van der Waals surface area contributed by atoms with Crippen molar-refractivity contribution in [3.8, 4) is 11.1 Å². The lowest BCUT2D eigenvalue weighted by Gasteiger charge is -2.15. The topological polar surface area (TPSA) is 75.7 Å². The Morgan fingerprint density at radius 2 is 1.68 bits per heavy atom. The Kier molecular flexibility index (Phi) is 7.55. The summed E-state index contributed by atoms with van der Waals surface area (Å²) in [6.07, 6.45) is 3.53. The first-order valence-electron chi connectivity index (χ1n) is 9.50. The molecule has 0 unspecified atom stereocenters. The number of unbranched alkanes of at least 4 members (excludes halogenated alkanes) is 3. The van der Waals surface area contributed by atoms with E-state index in [1.807, 2.05) is 43.3 Å². The lowest BCUT2D eigenvalue weighted by atomic mass is 9.98. The van der Waals surface area contributed by atoms with E-state index in [1.54, 1.807) is 6.92 Å². The van der Waals surface area contributed by atoms with E-state index < -0.39 is 10.9 Å². The van der Waals surface area contributed by atoms with Gasteiger partial charge in [-0.1, -0.05) is 25.1 Å².